The van der Waals surface area contributed by atoms with E-state index < -0.39 is 25.3 Å². The molecule has 0 aromatic heterocycles. The first-order chi connectivity index (χ1) is 10.0. The number of benzene rings is 1. The van der Waals surface area contributed by atoms with Crippen LogP contribution in [0.15, 0.2) is 24.3 Å². The van der Waals surface area contributed by atoms with Gasteiger partial charge in [0.05, 0.1) is 0 Å². The molecule has 7 heteroatoms. The number of hydrogen-bond donors (Lipinski definition) is 0. The van der Waals surface area contributed by atoms with Gasteiger partial charge in [0.1, 0.15) is 16.5 Å². The summed E-state index contributed by atoms with van der Waals surface area (Å²) in [6.45, 7) is 14.4. The van der Waals surface area contributed by atoms with Crippen LogP contribution in [0, 0.1) is 0 Å². The predicted molar refractivity (Wildman–Crippen MR) is 102 cm³/mol. The van der Waals surface area contributed by atoms with Crippen molar-refractivity contribution in [2.75, 3.05) is 25.6 Å². The van der Waals surface area contributed by atoms with Gasteiger partial charge in [0.25, 0.3) is 0 Å². The van der Waals surface area contributed by atoms with E-state index in [2.05, 4.69) is 67.8 Å². The lowest BCUT2D eigenvalue weighted by Crippen LogP contribution is -2.60. The van der Waals surface area contributed by atoms with Gasteiger partial charge in [0.15, 0.2) is 0 Å². The summed E-state index contributed by atoms with van der Waals surface area (Å²) in [5.74, 6) is 0. The largest absolute Gasteiger partial charge is 0.536 e. The van der Waals surface area contributed by atoms with Gasteiger partial charge in [-0.25, -0.2) is 0 Å². The maximum Gasteiger partial charge on any atom is 0.536 e. The Morgan fingerprint density at radius 3 is 1.32 bits per heavy atom. The Hall–Kier alpha value is -0.449. The maximum absolute atomic E-state index is 5.56. The van der Waals surface area contributed by atoms with Crippen molar-refractivity contribution in [3.63, 3.8) is 0 Å². The molecule has 0 amide bonds. The van der Waals surface area contributed by atoms with Crippen LogP contribution in [0.1, 0.15) is 0 Å². The van der Waals surface area contributed by atoms with Crippen LogP contribution in [-0.2, 0) is 13.3 Å². The van der Waals surface area contributed by atoms with Gasteiger partial charge in [-0.3, -0.25) is 0 Å². The second-order valence-corrected chi connectivity index (χ2v) is 20.3. The summed E-state index contributed by atoms with van der Waals surface area (Å²) in [7, 11) is -0.688. The lowest BCUT2D eigenvalue weighted by Gasteiger charge is -2.46. The summed E-state index contributed by atoms with van der Waals surface area (Å²) >= 11 is 0. The summed E-state index contributed by atoms with van der Waals surface area (Å²) in [6, 6.07) is 8.55. The van der Waals surface area contributed by atoms with Gasteiger partial charge >= 0.3 is 8.80 Å². The normalized spacial score (nSPS) is 13.3. The van der Waals surface area contributed by atoms with Crippen LogP contribution in [0.5, 0.6) is 0 Å². The Morgan fingerprint density at radius 1 is 0.682 bits per heavy atom. The molecule has 4 nitrogen and oxygen atoms in total. The van der Waals surface area contributed by atoms with Crippen molar-refractivity contribution in [2.24, 2.45) is 0 Å². The molecular formula is C15H31NO3Si3. The zero-order valence-corrected chi connectivity index (χ0v) is 18.5. The first-order valence-electron chi connectivity index (χ1n) is 7.58. The van der Waals surface area contributed by atoms with Gasteiger partial charge in [0.2, 0.25) is 0 Å². The van der Waals surface area contributed by atoms with E-state index in [-0.39, 0.29) is 0 Å². The van der Waals surface area contributed by atoms with Crippen LogP contribution in [0.4, 0.5) is 5.69 Å². The van der Waals surface area contributed by atoms with Gasteiger partial charge < -0.3 is 17.5 Å². The Bertz CT molecular complexity index is 454. The van der Waals surface area contributed by atoms with Crippen molar-refractivity contribution in [3.8, 4) is 0 Å². The lowest BCUT2D eigenvalue weighted by atomic mass is 10.3. The van der Waals surface area contributed by atoms with E-state index in [4.69, 9.17) is 13.3 Å². The number of hydrogen-bond acceptors (Lipinski definition) is 4. The topological polar surface area (TPSA) is 30.9 Å². The van der Waals surface area contributed by atoms with Crippen molar-refractivity contribution >= 4 is 36.1 Å². The number of nitrogens with zero attached hydrogens (tertiary/aromatic N) is 1. The van der Waals surface area contributed by atoms with Gasteiger partial charge in [-0.05, 0) is 12.1 Å². The van der Waals surface area contributed by atoms with Crippen molar-refractivity contribution in [3.05, 3.63) is 24.3 Å². The molecule has 1 rings (SSSR count). The van der Waals surface area contributed by atoms with E-state index in [0.29, 0.717) is 0 Å². The zero-order chi connectivity index (χ0) is 17.2. The molecule has 0 saturated carbocycles. The highest BCUT2D eigenvalue weighted by molar-refractivity contribution is 6.99. The fraction of sp³-hybridized carbons (Fsp3) is 0.600. The highest BCUT2D eigenvalue weighted by Gasteiger charge is 2.41. The van der Waals surface area contributed by atoms with E-state index in [1.807, 2.05) is 0 Å². The van der Waals surface area contributed by atoms with Crippen LogP contribution >= 0.6 is 0 Å². The fourth-order valence-electron chi connectivity index (χ4n) is 3.20. The van der Waals surface area contributed by atoms with E-state index >= 15 is 0 Å². The summed E-state index contributed by atoms with van der Waals surface area (Å²) in [5, 5.41) is 0.995. The Balaban J connectivity index is 3.26. The summed E-state index contributed by atoms with van der Waals surface area (Å²) in [6.07, 6.45) is 0. The van der Waals surface area contributed by atoms with Crippen molar-refractivity contribution in [1.29, 1.82) is 0 Å². The molecule has 0 saturated heterocycles. The first-order valence-corrected chi connectivity index (χ1v) is 16.2. The third-order valence-corrected chi connectivity index (χ3v) is 13.5. The molecular weight excluding hydrogens is 326 g/mol. The molecule has 0 spiro atoms. The van der Waals surface area contributed by atoms with E-state index in [0.717, 1.165) is 5.19 Å². The quantitative estimate of drug-likeness (QED) is 0.701. The second kappa shape index (κ2) is 6.98. The minimum atomic E-state index is -2.74. The van der Waals surface area contributed by atoms with E-state index in [1.165, 1.54) is 5.69 Å². The van der Waals surface area contributed by atoms with Crippen LogP contribution in [0.3, 0.4) is 0 Å². The Kier molecular flexibility index (Phi) is 6.22. The summed E-state index contributed by atoms with van der Waals surface area (Å²) < 4.78 is 19.4. The molecule has 0 N–H and O–H groups in total. The lowest BCUT2D eigenvalue weighted by molar-refractivity contribution is 0.140. The maximum atomic E-state index is 5.56. The minimum absolute atomic E-state index is 0.995. The Morgan fingerprint density at radius 2 is 1.05 bits per heavy atom. The van der Waals surface area contributed by atoms with Gasteiger partial charge in [0, 0.05) is 32.2 Å². The average Bonchev–Trinajstić information content (AvgIpc) is 2.40. The Labute approximate surface area is 138 Å². The van der Waals surface area contributed by atoms with Gasteiger partial charge in [-0.2, -0.15) is 0 Å². The minimum Gasteiger partial charge on any atom is -0.425 e. The van der Waals surface area contributed by atoms with Crippen LogP contribution in [-0.4, -0.2) is 46.6 Å². The van der Waals surface area contributed by atoms with Gasteiger partial charge in [-0.1, -0.05) is 51.4 Å². The first kappa shape index (κ1) is 19.6. The molecule has 0 unspecified atom stereocenters. The predicted octanol–water partition coefficient (Wildman–Crippen LogP) is 3.25. The van der Waals surface area contributed by atoms with Crippen molar-refractivity contribution in [1.82, 2.24) is 0 Å². The molecule has 1 aromatic carbocycles. The van der Waals surface area contributed by atoms with Crippen molar-refractivity contribution in [2.45, 2.75) is 39.3 Å². The third kappa shape index (κ3) is 4.09. The molecule has 0 aliphatic rings. The van der Waals surface area contributed by atoms with E-state index in [9.17, 15) is 0 Å². The molecule has 0 atom stereocenters. The number of anilines is 1. The molecule has 0 radical (unpaired) electrons. The monoisotopic (exact) mass is 357 g/mol. The highest BCUT2D eigenvalue weighted by Crippen LogP contribution is 2.28. The SMILES string of the molecule is CO[Si](OC)(OC)c1ccc(N([Si](C)(C)C)[Si](C)(C)C)cc1. The average molecular weight is 358 g/mol. The highest BCUT2D eigenvalue weighted by atomic mass is 28.4. The summed E-state index contributed by atoms with van der Waals surface area (Å²) in [4.78, 5) is 0. The number of rotatable bonds is 7. The van der Waals surface area contributed by atoms with Crippen LogP contribution in [0.2, 0.25) is 39.3 Å². The molecule has 0 fully saturated rings. The molecule has 0 heterocycles. The fourth-order valence-corrected chi connectivity index (χ4v) is 14.9. The smallest absolute Gasteiger partial charge is 0.425 e. The molecule has 0 aliphatic carbocycles. The van der Waals surface area contributed by atoms with Crippen molar-refractivity contribution < 1.29 is 13.3 Å². The standard InChI is InChI=1S/C15H31NO3Si3/c1-17-22(18-2,19-3)15-12-10-14(11-13-15)16(20(4,5)6)21(7,8)9/h10-13H,1-9H3. The van der Waals surface area contributed by atoms with Crippen LogP contribution < -0.4 is 9.42 Å². The molecule has 1 aromatic rings. The molecule has 0 aliphatic heterocycles. The van der Waals surface area contributed by atoms with Gasteiger partial charge in [-0.15, -0.1) is 0 Å². The zero-order valence-electron chi connectivity index (χ0n) is 15.5. The molecule has 22 heavy (non-hydrogen) atoms. The second-order valence-electron chi connectivity index (χ2n) is 7.39. The van der Waals surface area contributed by atoms with Crippen LogP contribution in [0.25, 0.3) is 0 Å². The van der Waals surface area contributed by atoms with E-state index in [1.54, 1.807) is 21.3 Å². The molecule has 0 bridgehead atoms. The molecule has 126 valence electrons. The summed E-state index contributed by atoms with van der Waals surface area (Å²) in [5.41, 5.74) is 1.30. The third-order valence-electron chi connectivity index (χ3n) is 3.63.